The van der Waals surface area contributed by atoms with Crippen LogP contribution in [0.5, 0.6) is 0 Å². The Morgan fingerprint density at radius 1 is 1.37 bits per heavy atom. The van der Waals surface area contributed by atoms with Gasteiger partial charge >= 0.3 is 0 Å². The third kappa shape index (κ3) is 6.70. The summed E-state index contributed by atoms with van der Waals surface area (Å²) in [4.78, 5) is 5.10. The van der Waals surface area contributed by atoms with Gasteiger partial charge in [-0.2, -0.15) is 0 Å². The van der Waals surface area contributed by atoms with Crippen molar-refractivity contribution < 1.29 is 4.74 Å². The Labute approximate surface area is 119 Å². The molecule has 114 valence electrons. The van der Waals surface area contributed by atoms with Crippen molar-refractivity contribution in [2.45, 2.75) is 45.7 Å². The molecule has 0 radical (unpaired) electrons. The molecular weight excluding hydrogens is 238 g/mol. The smallest absolute Gasteiger partial charge is 0.0477 e. The largest absolute Gasteiger partial charge is 0.382 e. The van der Waals surface area contributed by atoms with E-state index >= 15 is 0 Å². The van der Waals surface area contributed by atoms with E-state index in [1.165, 1.54) is 26.1 Å². The number of ether oxygens (including phenoxy) is 1. The molecule has 1 N–H and O–H groups in total. The van der Waals surface area contributed by atoms with Crippen molar-refractivity contribution in [2.75, 3.05) is 53.0 Å². The van der Waals surface area contributed by atoms with E-state index in [-0.39, 0.29) is 0 Å². The second kappa shape index (κ2) is 9.70. The molecule has 0 aliphatic carbocycles. The van der Waals surface area contributed by atoms with Crippen LogP contribution in [-0.4, -0.2) is 74.9 Å². The molecule has 19 heavy (non-hydrogen) atoms. The molecule has 1 fully saturated rings. The molecule has 4 heteroatoms. The zero-order valence-corrected chi connectivity index (χ0v) is 13.3. The quantitative estimate of drug-likeness (QED) is 0.676. The highest BCUT2D eigenvalue weighted by Gasteiger charge is 2.23. The number of likely N-dealkylation sites (N-methyl/N-ethyl adjacent to an activating group) is 1. The first-order valence-electron chi connectivity index (χ1n) is 7.88. The fraction of sp³-hybridized carbons (Fsp3) is 1.00. The van der Waals surface area contributed by atoms with E-state index < -0.39 is 0 Å². The normalized spacial score (nSPS) is 24.3. The number of hydrogen-bond acceptors (Lipinski definition) is 4. The molecule has 2 unspecified atom stereocenters. The molecule has 0 aromatic carbocycles. The van der Waals surface area contributed by atoms with E-state index in [2.05, 4.69) is 36.0 Å². The Morgan fingerprint density at radius 2 is 2.16 bits per heavy atom. The lowest BCUT2D eigenvalue weighted by Crippen LogP contribution is -2.47. The number of rotatable bonds is 8. The monoisotopic (exact) mass is 271 g/mol. The maximum absolute atomic E-state index is 5.35. The standard InChI is InChI=1S/C15H33N3O/c1-5-19-11-6-8-16-12-14(2)18-10-7-9-17(4)13-15(18)3/h14-16H,5-13H2,1-4H3. The highest BCUT2D eigenvalue weighted by atomic mass is 16.5. The molecule has 0 saturated carbocycles. The molecule has 1 aliphatic heterocycles. The van der Waals surface area contributed by atoms with Gasteiger partial charge in [-0.15, -0.1) is 0 Å². The van der Waals surface area contributed by atoms with E-state index in [9.17, 15) is 0 Å². The van der Waals surface area contributed by atoms with Gasteiger partial charge in [-0.25, -0.2) is 0 Å². The van der Waals surface area contributed by atoms with Crippen LogP contribution in [0.1, 0.15) is 33.6 Å². The predicted octanol–water partition coefficient (Wildman–Crippen LogP) is 1.42. The van der Waals surface area contributed by atoms with Crippen LogP contribution in [0, 0.1) is 0 Å². The van der Waals surface area contributed by atoms with E-state index in [0.29, 0.717) is 12.1 Å². The summed E-state index contributed by atoms with van der Waals surface area (Å²) in [7, 11) is 2.23. The van der Waals surface area contributed by atoms with Crippen molar-refractivity contribution in [1.82, 2.24) is 15.1 Å². The van der Waals surface area contributed by atoms with E-state index in [1.54, 1.807) is 0 Å². The maximum Gasteiger partial charge on any atom is 0.0477 e. The van der Waals surface area contributed by atoms with Gasteiger partial charge in [0, 0.05) is 44.9 Å². The van der Waals surface area contributed by atoms with Crippen LogP contribution in [0.15, 0.2) is 0 Å². The van der Waals surface area contributed by atoms with Gasteiger partial charge in [0.2, 0.25) is 0 Å². The molecule has 4 nitrogen and oxygen atoms in total. The minimum atomic E-state index is 0.619. The Hall–Kier alpha value is -0.160. The SMILES string of the molecule is CCOCCCNCC(C)N1CCCN(C)CC1C. The van der Waals surface area contributed by atoms with Crippen LogP contribution < -0.4 is 5.32 Å². The van der Waals surface area contributed by atoms with Crippen LogP contribution in [0.2, 0.25) is 0 Å². The lowest BCUT2D eigenvalue weighted by Gasteiger charge is -2.33. The van der Waals surface area contributed by atoms with E-state index in [4.69, 9.17) is 4.74 Å². The summed E-state index contributed by atoms with van der Waals surface area (Å²) >= 11 is 0. The van der Waals surface area contributed by atoms with Crippen molar-refractivity contribution in [3.05, 3.63) is 0 Å². The van der Waals surface area contributed by atoms with Gasteiger partial charge in [-0.3, -0.25) is 4.90 Å². The van der Waals surface area contributed by atoms with Crippen LogP contribution >= 0.6 is 0 Å². The van der Waals surface area contributed by atoms with E-state index in [0.717, 1.165) is 32.7 Å². The molecule has 1 rings (SSSR count). The van der Waals surface area contributed by atoms with Crippen molar-refractivity contribution in [3.8, 4) is 0 Å². The minimum Gasteiger partial charge on any atom is -0.382 e. The first-order chi connectivity index (χ1) is 9.15. The summed E-state index contributed by atoms with van der Waals surface area (Å²) in [6.45, 7) is 14.2. The minimum absolute atomic E-state index is 0.619. The van der Waals surface area contributed by atoms with Crippen LogP contribution in [0.4, 0.5) is 0 Å². The van der Waals surface area contributed by atoms with E-state index in [1.807, 2.05) is 6.92 Å². The van der Waals surface area contributed by atoms with Crippen molar-refractivity contribution in [2.24, 2.45) is 0 Å². The molecule has 0 amide bonds. The zero-order valence-electron chi connectivity index (χ0n) is 13.3. The van der Waals surface area contributed by atoms with Gasteiger partial charge in [0.15, 0.2) is 0 Å². The summed E-state index contributed by atoms with van der Waals surface area (Å²) in [5, 5.41) is 3.56. The molecule has 1 heterocycles. The zero-order chi connectivity index (χ0) is 14.1. The second-order valence-electron chi connectivity index (χ2n) is 5.81. The van der Waals surface area contributed by atoms with Crippen LogP contribution in [0.3, 0.4) is 0 Å². The molecule has 1 saturated heterocycles. The fourth-order valence-corrected chi connectivity index (χ4v) is 2.92. The Kier molecular flexibility index (Phi) is 8.62. The molecule has 0 bridgehead atoms. The third-order valence-electron chi connectivity index (χ3n) is 3.95. The highest BCUT2D eigenvalue weighted by molar-refractivity contribution is 4.80. The van der Waals surface area contributed by atoms with Crippen LogP contribution in [-0.2, 0) is 4.74 Å². The topological polar surface area (TPSA) is 27.7 Å². The lowest BCUT2D eigenvalue weighted by atomic mass is 10.2. The average Bonchev–Trinajstić information content (AvgIpc) is 2.54. The molecule has 1 aliphatic rings. The number of hydrogen-bond donors (Lipinski definition) is 1. The summed E-state index contributed by atoms with van der Waals surface area (Å²) in [5.41, 5.74) is 0. The first kappa shape index (κ1) is 16.9. The maximum atomic E-state index is 5.35. The van der Waals surface area contributed by atoms with Gasteiger partial charge in [-0.1, -0.05) is 0 Å². The number of nitrogens with one attached hydrogen (secondary N) is 1. The average molecular weight is 271 g/mol. The van der Waals surface area contributed by atoms with Gasteiger partial charge < -0.3 is 15.0 Å². The summed E-state index contributed by atoms with van der Waals surface area (Å²) in [6.07, 6.45) is 2.40. The van der Waals surface area contributed by atoms with Crippen LogP contribution in [0.25, 0.3) is 0 Å². The Morgan fingerprint density at radius 3 is 2.89 bits per heavy atom. The predicted molar refractivity (Wildman–Crippen MR) is 81.7 cm³/mol. The third-order valence-corrected chi connectivity index (χ3v) is 3.95. The molecule has 2 atom stereocenters. The first-order valence-corrected chi connectivity index (χ1v) is 7.88. The second-order valence-corrected chi connectivity index (χ2v) is 5.81. The molecule has 0 spiro atoms. The fourth-order valence-electron chi connectivity index (χ4n) is 2.92. The Bertz CT molecular complexity index is 225. The van der Waals surface area contributed by atoms with Gasteiger partial charge in [0.05, 0.1) is 0 Å². The van der Waals surface area contributed by atoms with Gasteiger partial charge in [-0.05, 0) is 53.8 Å². The molecule has 0 aromatic rings. The molecule has 0 aromatic heterocycles. The molecular formula is C15H33N3O. The number of nitrogens with zero attached hydrogens (tertiary/aromatic N) is 2. The summed E-state index contributed by atoms with van der Waals surface area (Å²) in [6, 6.07) is 1.28. The summed E-state index contributed by atoms with van der Waals surface area (Å²) in [5.74, 6) is 0. The van der Waals surface area contributed by atoms with Gasteiger partial charge in [0.25, 0.3) is 0 Å². The van der Waals surface area contributed by atoms with Crippen molar-refractivity contribution >= 4 is 0 Å². The Balaban J connectivity index is 2.18. The van der Waals surface area contributed by atoms with Crippen molar-refractivity contribution in [1.29, 1.82) is 0 Å². The highest BCUT2D eigenvalue weighted by Crippen LogP contribution is 2.11. The van der Waals surface area contributed by atoms with Gasteiger partial charge in [0.1, 0.15) is 0 Å². The summed E-state index contributed by atoms with van der Waals surface area (Å²) < 4.78 is 5.35. The van der Waals surface area contributed by atoms with Crippen molar-refractivity contribution in [3.63, 3.8) is 0 Å². The lowest BCUT2D eigenvalue weighted by molar-refractivity contribution is 0.138.